The number of aliphatic imine (C=N–C) groups is 1. The Labute approximate surface area is 139 Å². The number of aryl methyl sites for hydroxylation is 1. The van der Waals surface area contributed by atoms with Crippen LogP contribution in [-0.4, -0.2) is 32.2 Å². The van der Waals surface area contributed by atoms with E-state index in [4.69, 9.17) is 0 Å². The summed E-state index contributed by atoms with van der Waals surface area (Å²) in [5, 5.41) is 5.51. The molecule has 1 aliphatic heterocycles. The van der Waals surface area contributed by atoms with Gasteiger partial charge in [0, 0.05) is 28.9 Å². The van der Waals surface area contributed by atoms with E-state index in [0.29, 0.717) is 6.04 Å². The van der Waals surface area contributed by atoms with Gasteiger partial charge in [-0.2, -0.15) is 5.10 Å². The van der Waals surface area contributed by atoms with Gasteiger partial charge in [-0.1, -0.05) is 17.8 Å². The van der Waals surface area contributed by atoms with Crippen molar-refractivity contribution in [3.05, 3.63) is 47.4 Å². The van der Waals surface area contributed by atoms with E-state index in [1.54, 1.807) is 11.8 Å². The van der Waals surface area contributed by atoms with Crippen molar-refractivity contribution in [2.75, 3.05) is 5.75 Å². The zero-order valence-electron chi connectivity index (χ0n) is 13.3. The lowest BCUT2D eigenvalue weighted by molar-refractivity contribution is 0.920. The molecule has 1 saturated carbocycles. The second-order valence-corrected chi connectivity index (χ2v) is 6.90. The van der Waals surface area contributed by atoms with Crippen LogP contribution in [0, 0.1) is 13.8 Å². The minimum Gasteiger partial charge on any atom is -0.303 e. The van der Waals surface area contributed by atoms with Gasteiger partial charge in [0.1, 0.15) is 5.82 Å². The highest BCUT2D eigenvalue weighted by Crippen LogP contribution is 2.27. The summed E-state index contributed by atoms with van der Waals surface area (Å²) >= 11 is 1.74. The van der Waals surface area contributed by atoms with Gasteiger partial charge in [-0.05, 0) is 44.9 Å². The molecule has 1 fully saturated rings. The monoisotopic (exact) mass is 325 g/mol. The van der Waals surface area contributed by atoms with Crippen LogP contribution in [0.4, 0.5) is 0 Å². The fourth-order valence-corrected chi connectivity index (χ4v) is 3.61. The van der Waals surface area contributed by atoms with Crippen molar-refractivity contribution in [1.82, 2.24) is 15.0 Å². The standard InChI is InChI=1S/C17H19N5S/c1-11-9-14(12(2)22(11)16-5-3-4-8-18-16)15-10-23-17(21-20-15)19-13-6-7-13/h3-5,8-9,13H,6-7,10H2,1-2H3,(H,19,21). The first kappa shape index (κ1) is 14.5. The van der Waals surface area contributed by atoms with Crippen LogP contribution in [-0.2, 0) is 0 Å². The molecule has 2 aliphatic rings. The third-order valence-corrected chi connectivity index (χ3v) is 4.99. The molecule has 0 unspecified atom stereocenters. The Bertz CT molecular complexity index is 787. The third kappa shape index (κ3) is 2.91. The molecule has 23 heavy (non-hydrogen) atoms. The van der Waals surface area contributed by atoms with Crippen LogP contribution >= 0.6 is 11.8 Å². The van der Waals surface area contributed by atoms with E-state index in [2.05, 4.69) is 45.0 Å². The molecule has 3 heterocycles. The van der Waals surface area contributed by atoms with Crippen molar-refractivity contribution in [2.45, 2.75) is 32.7 Å². The number of hydrazone groups is 1. The SMILES string of the molecule is Cc1cc(C2=NNC(=NC3CC3)SC2)c(C)n1-c1ccccn1. The molecule has 0 aromatic carbocycles. The van der Waals surface area contributed by atoms with Crippen molar-refractivity contribution < 1.29 is 0 Å². The summed E-state index contributed by atoms with van der Waals surface area (Å²) in [6.45, 7) is 4.23. The Morgan fingerprint density at radius 3 is 2.83 bits per heavy atom. The number of rotatable bonds is 3. The Kier molecular flexibility index (Phi) is 3.69. The first-order chi connectivity index (χ1) is 11.2. The van der Waals surface area contributed by atoms with E-state index in [1.807, 2.05) is 24.4 Å². The minimum atomic E-state index is 0.524. The highest BCUT2D eigenvalue weighted by Gasteiger charge is 2.24. The maximum atomic E-state index is 4.61. The molecule has 4 rings (SSSR count). The first-order valence-electron chi connectivity index (χ1n) is 7.86. The van der Waals surface area contributed by atoms with Crippen molar-refractivity contribution >= 4 is 22.6 Å². The van der Waals surface area contributed by atoms with Crippen LogP contribution < -0.4 is 5.43 Å². The van der Waals surface area contributed by atoms with Crippen LogP contribution in [0.25, 0.3) is 5.82 Å². The van der Waals surface area contributed by atoms with Gasteiger partial charge in [0.05, 0.1) is 11.8 Å². The maximum Gasteiger partial charge on any atom is 0.177 e. The molecule has 0 bridgehead atoms. The Balaban J connectivity index is 1.64. The lowest BCUT2D eigenvalue weighted by Gasteiger charge is -2.15. The molecule has 1 N–H and O–H groups in total. The summed E-state index contributed by atoms with van der Waals surface area (Å²) in [7, 11) is 0. The molecule has 5 nitrogen and oxygen atoms in total. The molecule has 2 aromatic heterocycles. The van der Waals surface area contributed by atoms with Gasteiger partial charge in [-0.3, -0.25) is 10.4 Å². The van der Waals surface area contributed by atoms with E-state index in [-0.39, 0.29) is 0 Å². The fourth-order valence-electron chi connectivity index (χ4n) is 2.78. The van der Waals surface area contributed by atoms with E-state index < -0.39 is 0 Å². The summed E-state index contributed by atoms with van der Waals surface area (Å²) in [6.07, 6.45) is 4.26. The fraction of sp³-hybridized carbons (Fsp3) is 0.353. The number of pyridine rings is 1. The lowest BCUT2D eigenvalue weighted by atomic mass is 10.1. The third-order valence-electron chi connectivity index (χ3n) is 4.10. The average molecular weight is 325 g/mol. The zero-order valence-corrected chi connectivity index (χ0v) is 14.1. The predicted octanol–water partition coefficient (Wildman–Crippen LogP) is 3.05. The summed E-state index contributed by atoms with van der Waals surface area (Å²) < 4.78 is 2.18. The Morgan fingerprint density at radius 2 is 2.17 bits per heavy atom. The number of amidine groups is 1. The van der Waals surface area contributed by atoms with E-state index in [9.17, 15) is 0 Å². The quantitative estimate of drug-likeness (QED) is 0.943. The topological polar surface area (TPSA) is 54.6 Å². The lowest BCUT2D eigenvalue weighted by Crippen LogP contribution is -2.26. The number of aromatic nitrogens is 2. The molecule has 1 aliphatic carbocycles. The summed E-state index contributed by atoms with van der Waals surface area (Å²) in [5.74, 6) is 1.80. The zero-order chi connectivity index (χ0) is 15.8. The van der Waals surface area contributed by atoms with Gasteiger partial charge in [0.15, 0.2) is 5.17 Å². The minimum absolute atomic E-state index is 0.524. The molecular weight excluding hydrogens is 306 g/mol. The van der Waals surface area contributed by atoms with Gasteiger partial charge < -0.3 is 4.57 Å². The van der Waals surface area contributed by atoms with E-state index >= 15 is 0 Å². The predicted molar refractivity (Wildman–Crippen MR) is 95.6 cm³/mol. The highest BCUT2D eigenvalue weighted by molar-refractivity contribution is 8.14. The molecule has 0 atom stereocenters. The van der Waals surface area contributed by atoms with Crippen molar-refractivity contribution in [3.8, 4) is 5.82 Å². The number of thioether (sulfide) groups is 1. The van der Waals surface area contributed by atoms with Crippen LogP contribution in [0.5, 0.6) is 0 Å². The maximum absolute atomic E-state index is 4.61. The van der Waals surface area contributed by atoms with Gasteiger partial charge in [0.25, 0.3) is 0 Å². The number of hydrogen-bond acceptors (Lipinski definition) is 4. The van der Waals surface area contributed by atoms with E-state index in [1.165, 1.54) is 29.8 Å². The molecule has 2 aromatic rings. The molecule has 0 spiro atoms. The smallest absolute Gasteiger partial charge is 0.177 e. The van der Waals surface area contributed by atoms with Crippen LogP contribution in [0.1, 0.15) is 29.8 Å². The van der Waals surface area contributed by atoms with Crippen molar-refractivity contribution in [1.29, 1.82) is 0 Å². The summed E-state index contributed by atoms with van der Waals surface area (Å²) in [4.78, 5) is 9.08. The van der Waals surface area contributed by atoms with Crippen LogP contribution in [0.3, 0.4) is 0 Å². The van der Waals surface area contributed by atoms with Crippen LogP contribution in [0.15, 0.2) is 40.6 Å². The molecular formula is C17H19N5S. The Morgan fingerprint density at radius 1 is 1.30 bits per heavy atom. The molecule has 0 amide bonds. The van der Waals surface area contributed by atoms with Crippen molar-refractivity contribution in [3.63, 3.8) is 0 Å². The van der Waals surface area contributed by atoms with Crippen molar-refractivity contribution in [2.24, 2.45) is 10.1 Å². The van der Waals surface area contributed by atoms with E-state index in [0.717, 1.165) is 22.5 Å². The molecule has 118 valence electrons. The largest absolute Gasteiger partial charge is 0.303 e. The first-order valence-corrected chi connectivity index (χ1v) is 8.85. The van der Waals surface area contributed by atoms with Gasteiger partial charge in [-0.25, -0.2) is 4.98 Å². The molecule has 6 heteroatoms. The molecule has 0 saturated heterocycles. The average Bonchev–Trinajstić information content (AvgIpc) is 3.33. The number of nitrogens with zero attached hydrogens (tertiary/aromatic N) is 4. The Hall–Kier alpha value is -2.08. The van der Waals surface area contributed by atoms with Crippen LogP contribution in [0.2, 0.25) is 0 Å². The molecule has 0 radical (unpaired) electrons. The van der Waals surface area contributed by atoms with Gasteiger partial charge in [0.2, 0.25) is 0 Å². The number of nitrogens with one attached hydrogen (secondary N) is 1. The second kappa shape index (κ2) is 5.85. The number of hydrogen-bond donors (Lipinski definition) is 1. The van der Waals surface area contributed by atoms with Gasteiger partial charge >= 0.3 is 0 Å². The summed E-state index contributed by atoms with van der Waals surface area (Å²) in [5.41, 5.74) is 7.70. The normalized spacial score (nSPS) is 19.6. The summed E-state index contributed by atoms with van der Waals surface area (Å²) in [6, 6.07) is 8.69. The second-order valence-electron chi connectivity index (χ2n) is 5.93. The highest BCUT2D eigenvalue weighted by atomic mass is 32.2. The van der Waals surface area contributed by atoms with Gasteiger partial charge in [-0.15, -0.1) is 0 Å².